The lowest BCUT2D eigenvalue weighted by molar-refractivity contribution is 0.202. The molecule has 4 rings (SSSR count). The van der Waals surface area contributed by atoms with Crippen molar-refractivity contribution in [1.82, 2.24) is 4.90 Å². The molecule has 1 atom stereocenters. The van der Waals surface area contributed by atoms with Gasteiger partial charge in [0.1, 0.15) is 6.67 Å². The fraction of sp³-hybridized carbons (Fsp3) is 0.346. The molecule has 2 aromatic rings. The van der Waals surface area contributed by atoms with Crippen LogP contribution in [-0.4, -0.2) is 32.1 Å². The number of likely N-dealkylation sites (N-methyl/N-ethyl adjacent to an activating group) is 1. The molecule has 1 saturated carbocycles. The lowest BCUT2D eigenvalue weighted by Crippen LogP contribution is -2.47. The molecule has 1 aliphatic carbocycles. The van der Waals surface area contributed by atoms with Crippen LogP contribution in [0.2, 0.25) is 0 Å². The van der Waals surface area contributed by atoms with E-state index in [2.05, 4.69) is 6.07 Å². The van der Waals surface area contributed by atoms with Crippen molar-refractivity contribution in [2.75, 3.05) is 17.7 Å². The molecule has 2 aromatic carbocycles. The van der Waals surface area contributed by atoms with Gasteiger partial charge in [0.2, 0.25) is 0 Å². The minimum atomic E-state index is -3.77. The van der Waals surface area contributed by atoms with Gasteiger partial charge in [-0.2, -0.15) is 10.5 Å². The molecule has 0 spiro atoms. The summed E-state index contributed by atoms with van der Waals surface area (Å²) in [7, 11) is -2.27. The molecule has 1 aliphatic heterocycles. The van der Waals surface area contributed by atoms with E-state index in [0.717, 1.165) is 19.3 Å². The van der Waals surface area contributed by atoms with E-state index in [-0.39, 0.29) is 33.3 Å². The molecule has 7 nitrogen and oxygen atoms in total. The maximum atomic E-state index is 13.5. The van der Waals surface area contributed by atoms with Crippen LogP contribution in [0.5, 0.6) is 0 Å². The summed E-state index contributed by atoms with van der Waals surface area (Å²) in [5, 5.41) is 19.5. The van der Waals surface area contributed by atoms with Crippen LogP contribution in [0.25, 0.3) is 0 Å². The monoisotopic (exact) mass is 492 g/mol. The fourth-order valence-electron chi connectivity index (χ4n) is 4.67. The van der Waals surface area contributed by atoms with Crippen LogP contribution >= 0.6 is 0 Å². The minimum absolute atomic E-state index is 0.0264. The van der Waals surface area contributed by atoms with E-state index < -0.39 is 28.6 Å². The number of alkyl halides is 1. The molecule has 2 aliphatic rings. The number of nitrogens with zero attached hydrogens (tertiary/aromatic N) is 4. The summed E-state index contributed by atoms with van der Waals surface area (Å²) in [6, 6.07) is 13.5. The second-order valence-corrected chi connectivity index (χ2v) is 11.0. The largest absolute Gasteiger partial charge is 0.329 e. The summed E-state index contributed by atoms with van der Waals surface area (Å²) >= 11 is 0. The number of benzene rings is 2. The summed E-state index contributed by atoms with van der Waals surface area (Å²) in [6.45, 7) is 0.917. The highest BCUT2D eigenvalue weighted by atomic mass is 32.2. The van der Waals surface area contributed by atoms with Gasteiger partial charge in [-0.25, -0.2) is 17.6 Å². The van der Waals surface area contributed by atoms with Gasteiger partial charge in [0.25, 0.3) is 0 Å². The maximum Gasteiger partial charge on any atom is 0.329 e. The van der Waals surface area contributed by atoms with Gasteiger partial charge in [-0.1, -0.05) is 24.6 Å². The van der Waals surface area contributed by atoms with Gasteiger partial charge in [0, 0.05) is 12.7 Å². The molecule has 0 aromatic heterocycles. The summed E-state index contributed by atoms with van der Waals surface area (Å²) < 4.78 is 40.1. The maximum absolute atomic E-state index is 13.5. The zero-order valence-corrected chi connectivity index (χ0v) is 20.3. The van der Waals surface area contributed by atoms with E-state index in [0.29, 0.717) is 16.9 Å². The number of sulfone groups is 1. The predicted octanol–water partition coefficient (Wildman–Crippen LogP) is 5.01. The summed E-state index contributed by atoms with van der Waals surface area (Å²) in [4.78, 5) is 16.1. The summed E-state index contributed by atoms with van der Waals surface area (Å²) in [5.74, 6) is 0.0294. The average Bonchev–Trinajstić information content (AvgIpc) is 2.83. The molecule has 180 valence electrons. The summed E-state index contributed by atoms with van der Waals surface area (Å²) in [5.41, 5.74) is 1.81. The standard InChI is InChI=1S/C26H25FN4O3S/c1-17-23(15-29)25(30(2)26(32)31(17)21-8-4-7-19(11-21)13-27)22-10-9-20(14-28)12-24(22)35(33,34)16-18-5-3-6-18/h4,7-12,18,25H,3,5-6,13,16H2,1-2H3/t25-/m1/s1. The Morgan fingerprint density at radius 2 is 1.86 bits per heavy atom. The van der Waals surface area contributed by atoms with Crippen molar-refractivity contribution in [3.05, 3.63) is 70.4 Å². The van der Waals surface area contributed by atoms with Crippen LogP contribution in [0, 0.1) is 28.6 Å². The Labute approximate surface area is 204 Å². The van der Waals surface area contributed by atoms with Crippen molar-refractivity contribution < 1.29 is 17.6 Å². The Morgan fingerprint density at radius 3 is 2.46 bits per heavy atom. The Kier molecular flexibility index (Phi) is 6.64. The van der Waals surface area contributed by atoms with Crippen LogP contribution < -0.4 is 4.90 Å². The Hall–Kier alpha value is -3.69. The smallest absolute Gasteiger partial charge is 0.315 e. The molecule has 2 amide bonds. The molecule has 0 bridgehead atoms. The number of carbonyl (C=O) groups excluding carboxylic acids is 1. The van der Waals surface area contributed by atoms with Gasteiger partial charge >= 0.3 is 6.03 Å². The van der Waals surface area contributed by atoms with E-state index >= 15 is 0 Å². The topological polar surface area (TPSA) is 105 Å². The third-order valence-corrected chi connectivity index (χ3v) is 8.71. The molecule has 0 N–H and O–H groups in total. The van der Waals surface area contributed by atoms with E-state index in [4.69, 9.17) is 0 Å². The molecular weight excluding hydrogens is 467 g/mol. The van der Waals surface area contributed by atoms with Crippen molar-refractivity contribution in [3.8, 4) is 12.1 Å². The lowest BCUT2D eigenvalue weighted by Gasteiger charge is -2.40. The normalized spacial score (nSPS) is 18.8. The van der Waals surface area contributed by atoms with Gasteiger partial charge in [-0.3, -0.25) is 4.90 Å². The first-order valence-corrected chi connectivity index (χ1v) is 13.0. The number of anilines is 1. The molecule has 9 heteroatoms. The number of hydrogen-bond donors (Lipinski definition) is 0. The molecule has 0 unspecified atom stereocenters. The Balaban J connectivity index is 1.87. The highest BCUT2D eigenvalue weighted by Crippen LogP contribution is 2.41. The van der Waals surface area contributed by atoms with Crippen molar-refractivity contribution in [3.63, 3.8) is 0 Å². The van der Waals surface area contributed by atoms with Crippen LogP contribution in [0.3, 0.4) is 0 Å². The fourth-order valence-corrected chi connectivity index (χ4v) is 6.65. The van der Waals surface area contributed by atoms with Gasteiger partial charge < -0.3 is 4.90 Å². The Morgan fingerprint density at radius 1 is 1.11 bits per heavy atom. The number of rotatable bonds is 6. The Bertz CT molecular complexity index is 1400. The summed E-state index contributed by atoms with van der Waals surface area (Å²) in [6.07, 6.45) is 2.67. The van der Waals surface area contributed by atoms with Crippen LogP contribution in [0.4, 0.5) is 14.9 Å². The zero-order valence-electron chi connectivity index (χ0n) is 19.5. The third kappa shape index (κ3) is 4.40. The van der Waals surface area contributed by atoms with Gasteiger partial charge in [0.05, 0.1) is 45.7 Å². The number of amides is 2. The first-order chi connectivity index (χ1) is 16.7. The predicted molar refractivity (Wildman–Crippen MR) is 128 cm³/mol. The highest BCUT2D eigenvalue weighted by molar-refractivity contribution is 7.91. The van der Waals surface area contributed by atoms with E-state index in [1.807, 2.05) is 6.07 Å². The number of halogens is 1. The van der Waals surface area contributed by atoms with E-state index in [1.165, 1.54) is 35.0 Å². The first-order valence-electron chi connectivity index (χ1n) is 11.3. The second kappa shape index (κ2) is 9.52. The number of nitriles is 2. The van der Waals surface area contributed by atoms with Crippen molar-refractivity contribution in [2.24, 2.45) is 5.92 Å². The first kappa shape index (κ1) is 24.4. The van der Waals surface area contributed by atoms with E-state index in [1.54, 1.807) is 31.2 Å². The average molecular weight is 493 g/mol. The van der Waals surface area contributed by atoms with Crippen LogP contribution in [-0.2, 0) is 16.5 Å². The number of urea groups is 1. The SMILES string of the molecule is CC1=C(C#N)[C@@H](c2ccc(C#N)cc2S(=O)(=O)CC2CCC2)N(C)C(=O)N1c1cccc(CF)c1. The van der Waals surface area contributed by atoms with Gasteiger partial charge in [0.15, 0.2) is 9.84 Å². The minimum Gasteiger partial charge on any atom is -0.315 e. The molecule has 1 fully saturated rings. The van der Waals surface area contributed by atoms with E-state index in [9.17, 15) is 28.1 Å². The quantitative estimate of drug-likeness (QED) is 0.563. The lowest BCUT2D eigenvalue weighted by atomic mass is 9.87. The van der Waals surface area contributed by atoms with Crippen molar-refractivity contribution in [1.29, 1.82) is 10.5 Å². The molecule has 0 radical (unpaired) electrons. The molecule has 1 heterocycles. The van der Waals surface area contributed by atoms with Gasteiger partial charge in [-0.15, -0.1) is 0 Å². The molecule has 0 saturated heterocycles. The molecular formula is C26H25FN4O3S. The van der Waals surface area contributed by atoms with Crippen LogP contribution in [0.1, 0.15) is 48.9 Å². The third-order valence-electron chi connectivity index (χ3n) is 6.77. The zero-order chi connectivity index (χ0) is 25.3. The number of hydrogen-bond acceptors (Lipinski definition) is 5. The highest BCUT2D eigenvalue weighted by Gasteiger charge is 2.40. The molecule has 35 heavy (non-hydrogen) atoms. The van der Waals surface area contributed by atoms with Crippen molar-refractivity contribution >= 4 is 21.6 Å². The van der Waals surface area contributed by atoms with Crippen LogP contribution in [0.15, 0.2) is 58.6 Å². The van der Waals surface area contributed by atoms with Crippen molar-refractivity contribution in [2.45, 2.75) is 43.8 Å². The second-order valence-electron chi connectivity index (χ2n) is 8.99. The number of carbonyl (C=O) groups is 1. The number of allylic oxidation sites excluding steroid dienone is 1. The van der Waals surface area contributed by atoms with Gasteiger partial charge in [-0.05, 0) is 61.1 Å².